The third-order valence-electron chi connectivity index (χ3n) is 4.99. The van der Waals surface area contributed by atoms with Crippen LogP contribution in [-0.4, -0.2) is 19.2 Å². The number of amides is 1. The molecule has 4 rings (SSSR count). The van der Waals surface area contributed by atoms with Crippen LogP contribution < -0.4 is 9.80 Å². The van der Waals surface area contributed by atoms with Gasteiger partial charge in [0.05, 0.1) is 18.0 Å². The first kappa shape index (κ1) is 18.1. The molecular weight excluding hydrogens is 348 g/mol. The van der Waals surface area contributed by atoms with Gasteiger partial charge in [-0.2, -0.15) is 0 Å². The standard InChI is InChI=1S/C24H24N2O2/c1-2-28-24(27)26(21-11-7-4-8-12-21)22-13-14-23-20(17-22)15-16-25(23)18-19-9-5-3-6-10-19/h3-14,17H,2,15-16,18H2,1H3. The number of anilines is 3. The molecule has 0 bridgehead atoms. The highest BCUT2D eigenvalue weighted by molar-refractivity contribution is 5.96. The topological polar surface area (TPSA) is 32.8 Å². The Labute approximate surface area is 166 Å². The summed E-state index contributed by atoms with van der Waals surface area (Å²) >= 11 is 0. The normalized spacial score (nSPS) is 12.5. The van der Waals surface area contributed by atoms with Crippen molar-refractivity contribution in [1.82, 2.24) is 0 Å². The largest absolute Gasteiger partial charge is 0.449 e. The molecule has 0 aliphatic carbocycles. The number of rotatable bonds is 5. The van der Waals surface area contributed by atoms with E-state index in [1.807, 2.05) is 49.4 Å². The number of hydrogen-bond donors (Lipinski definition) is 0. The van der Waals surface area contributed by atoms with E-state index < -0.39 is 0 Å². The fourth-order valence-electron chi connectivity index (χ4n) is 3.69. The zero-order valence-corrected chi connectivity index (χ0v) is 16.0. The Morgan fingerprint density at radius 2 is 1.68 bits per heavy atom. The lowest BCUT2D eigenvalue weighted by molar-refractivity contribution is 0.162. The minimum absolute atomic E-state index is 0.345. The second-order valence-corrected chi connectivity index (χ2v) is 6.84. The summed E-state index contributed by atoms with van der Waals surface area (Å²) in [6.45, 7) is 4.05. The highest BCUT2D eigenvalue weighted by atomic mass is 16.6. The molecule has 0 unspecified atom stereocenters. The minimum atomic E-state index is -0.354. The fraction of sp³-hybridized carbons (Fsp3) is 0.208. The molecule has 1 heterocycles. The molecule has 1 amide bonds. The van der Waals surface area contributed by atoms with Gasteiger partial charge < -0.3 is 9.64 Å². The van der Waals surface area contributed by atoms with Crippen LogP contribution in [0.25, 0.3) is 0 Å². The van der Waals surface area contributed by atoms with Crippen LogP contribution in [0.2, 0.25) is 0 Å². The summed E-state index contributed by atoms with van der Waals surface area (Å²) in [5.41, 5.74) is 5.45. The van der Waals surface area contributed by atoms with Crippen molar-refractivity contribution in [1.29, 1.82) is 0 Å². The lowest BCUT2D eigenvalue weighted by Crippen LogP contribution is -2.26. The molecule has 4 heteroatoms. The van der Waals surface area contributed by atoms with Crippen LogP contribution >= 0.6 is 0 Å². The first-order valence-electron chi connectivity index (χ1n) is 9.70. The van der Waals surface area contributed by atoms with Gasteiger partial charge >= 0.3 is 6.09 Å². The Bertz CT molecular complexity index is 941. The molecule has 0 N–H and O–H groups in total. The predicted molar refractivity (Wildman–Crippen MR) is 113 cm³/mol. The number of nitrogens with zero attached hydrogens (tertiary/aromatic N) is 2. The molecule has 0 radical (unpaired) electrons. The zero-order valence-electron chi connectivity index (χ0n) is 16.0. The molecule has 28 heavy (non-hydrogen) atoms. The van der Waals surface area contributed by atoms with Gasteiger partial charge in [-0.05, 0) is 54.8 Å². The van der Waals surface area contributed by atoms with E-state index in [-0.39, 0.29) is 6.09 Å². The summed E-state index contributed by atoms with van der Waals surface area (Å²) in [5, 5.41) is 0. The van der Waals surface area contributed by atoms with Crippen LogP contribution in [0.1, 0.15) is 18.1 Å². The van der Waals surface area contributed by atoms with E-state index in [4.69, 9.17) is 4.74 Å². The summed E-state index contributed by atoms with van der Waals surface area (Å²) < 4.78 is 5.31. The van der Waals surface area contributed by atoms with Gasteiger partial charge in [-0.15, -0.1) is 0 Å². The van der Waals surface area contributed by atoms with Crippen molar-refractivity contribution >= 4 is 23.2 Å². The zero-order chi connectivity index (χ0) is 19.3. The Balaban J connectivity index is 1.63. The maximum Gasteiger partial charge on any atom is 0.418 e. The Kier molecular flexibility index (Phi) is 5.29. The Morgan fingerprint density at radius 1 is 0.964 bits per heavy atom. The van der Waals surface area contributed by atoms with Gasteiger partial charge in [-0.3, -0.25) is 0 Å². The van der Waals surface area contributed by atoms with Crippen molar-refractivity contribution in [3.8, 4) is 0 Å². The van der Waals surface area contributed by atoms with Crippen molar-refractivity contribution < 1.29 is 9.53 Å². The first-order valence-corrected chi connectivity index (χ1v) is 9.70. The van der Waals surface area contributed by atoms with Crippen molar-refractivity contribution in [2.24, 2.45) is 0 Å². The SMILES string of the molecule is CCOC(=O)N(c1ccccc1)c1ccc2c(c1)CCN2Cc1ccccc1. The van der Waals surface area contributed by atoms with Crippen molar-refractivity contribution in [2.75, 3.05) is 23.0 Å². The van der Waals surface area contributed by atoms with Crippen molar-refractivity contribution in [3.05, 3.63) is 90.0 Å². The third kappa shape index (κ3) is 3.72. The van der Waals surface area contributed by atoms with Gasteiger partial charge in [-0.1, -0.05) is 48.5 Å². The van der Waals surface area contributed by atoms with Crippen LogP contribution in [-0.2, 0) is 17.7 Å². The first-order chi connectivity index (χ1) is 13.8. The molecule has 142 valence electrons. The highest BCUT2D eigenvalue weighted by Gasteiger charge is 2.24. The Hall–Kier alpha value is -3.27. The van der Waals surface area contributed by atoms with E-state index in [2.05, 4.69) is 41.3 Å². The van der Waals surface area contributed by atoms with Crippen LogP contribution in [0, 0.1) is 0 Å². The molecule has 0 spiro atoms. The minimum Gasteiger partial charge on any atom is -0.449 e. The van der Waals surface area contributed by atoms with E-state index in [0.717, 1.165) is 30.9 Å². The number of ether oxygens (including phenoxy) is 1. The summed E-state index contributed by atoms with van der Waals surface area (Å²) in [4.78, 5) is 16.7. The van der Waals surface area contributed by atoms with E-state index in [1.54, 1.807) is 4.90 Å². The Morgan fingerprint density at radius 3 is 2.39 bits per heavy atom. The molecule has 3 aromatic rings. The lowest BCUT2D eigenvalue weighted by Gasteiger charge is -2.24. The summed E-state index contributed by atoms with van der Waals surface area (Å²) in [5.74, 6) is 0. The summed E-state index contributed by atoms with van der Waals surface area (Å²) in [7, 11) is 0. The number of benzene rings is 3. The summed E-state index contributed by atoms with van der Waals surface area (Å²) in [6, 6.07) is 26.4. The molecule has 1 aliphatic heterocycles. The quantitative estimate of drug-likeness (QED) is 0.589. The van der Waals surface area contributed by atoms with Crippen LogP contribution in [0.3, 0.4) is 0 Å². The fourth-order valence-corrected chi connectivity index (χ4v) is 3.69. The van der Waals surface area contributed by atoms with E-state index in [0.29, 0.717) is 6.61 Å². The van der Waals surface area contributed by atoms with Gasteiger partial charge in [0, 0.05) is 18.8 Å². The van der Waals surface area contributed by atoms with Gasteiger partial charge in [0.25, 0.3) is 0 Å². The lowest BCUT2D eigenvalue weighted by atomic mass is 10.1. The number of fused-ring (bicyclic) bond motifs is 1. The number of carbonyl (C=O) groups is 1. The maximum absolute atomic E-state index is 12.6. The van der Waals surface area contributed by atoms with Crippen LogP contribution in [0.5, 0.6) is 0 Å². The molecule has 0 fully saturated rings. The second-order valence-electron chi connectivity index (χ2n) is 6.84. The highest BCUT2D eigenvalue weighted by Crippen LogP contribution is 2.35. The molecule has 0 atom stereocenters. The van der Waals surface area contributed by atoms with E-state index in [9.17, 15) is 4.79 Å². The molecular formula is C24H24N2O2. The van der Waals surface area contributed by atoms with Gasteiger partial charge in [-0.25, -0.2) is 9.69 Å². The number of hydrogen-bond acceptors (Lipinski definition) is 3. The maximum atomic E-state index is 12.6. The van der Waals surface area contributed by atoms with Crippen LogP contribution in [0.15, 0.2) is 78.9 Å². The predicted octanol–water partition coefficient (Wildman–Crippen LogP) is 5.54. The van der Waals surface area contributed by atoms with Gasteiger partial charge in [0.2, 0.25) is 0 Å². The summed E-state index contributed by atoms with van der Waals surface area (Å²) in [6.07, 6.45) is 0.620. The third-order valence-corrected chi connectivity index (χ3v) is 4.99. The van der Waals surface area contributed by atoms with Crippen molar-refractivity contribution in [2.45, 2.75) is 19.9 Å². The molecule has 0 aromatic heterocycles. The molecule has 4 nitrogen and oxygen atoms in total. The second kappa shape index (κ2) is 8.17. The molecule has 3 aromatic carbocycles. The average Bonchev–Trinajstić information content (AvgIpc) is 3.12. The van der Waals surface area contributed by atoms with Crippen LogP contribution in [0.4, 0.5) is 21.9 Å². The van der Waals surface area contributed by atoms with Gasteiger partial charge in [0.1, 0.15) is 0 Å². The molecule has 1 aliphatic rings. The smallest absolute Gasteiger partial charge is 0.418 e. The molecule has 0 saturated carbocycles. The number of para-hydroxylation sites is 1. The van der Waals surface area contributed by atoms with E-state index in [1.165, 1.54) is 16.8 Å². The average molecular weight is 372 g/mol. The number of carbonyl (C=O) groups excluding carboxylic acids is 1. The van der Waals surface area contributed by atoms with Crippen molar-refractivity contribution in [3.63, 3.8) is 0 Å². The monoisotopic (exact) mass is 372 g/mol. The van der Waals surface area contributed by atoms with E-state index >= 15 is 0 Å². The van der Waals surface area contributed by atoms with Gasteiger partial charge in [0.15, 0.2) is 0 Å². The molecule has 0 saturated heterocycles.